The van der Waals surface area contributed by atoms with Crippen LogP contribution in [0.3, 0.4) is 0 Å². The Hall–Kier alpha value is -1.75. The van der Waals surface area contributed by atoms with E-state index in [4.69, 9.17) is 27.9 Å². The van der Waals surface area contributed by atoms with Gasteiger partial charge < -0.3 is 15.0 Å². The van der Waals surface area contributed by atoms with E-state index in [-0.39, 0.29) is 18.4 Å². The van der Waals surface area contributed by atoms with Crippen LogP contribution in [0, 0.1) is 0 Å². The second-order valence-corrected chi connectivity index (χ2v) is 7.69. The number of hydrogen-bond donors (Lipinski definition) is 2. The number of likely N-dealkylation sites (tertiary alicyclic amines) is 1. The topological polar surface area (TPSA) is 42.8 Å². The molecule has 0 unspecified atom stereocenters. The normalized spacial score (nSPS) is 15.5. The molecule has 27 heavy (non-hydrogen) atoms. The number of rotatable bonds is 7. The number of carbonyl (C=O) groups is 1. The molecule has 0 aromatic heterocycles. The van der Waals surface area contributed by atoms with Gasteiger partial charge in [0.2, 0.25) is 5.91 Å². The summed E-state index contributed by atoms with van der Waals surface area (Å²) in [6.07, 6.45) is 2.64. The molecule has 3 rings (SSSR count). The molecule has 2 N–H and O–H groups in total. The van der Waals surface area contributed by atoms with E-state index >= 15 is 0 Å². The Kier molecular flexibility index (Phi) is 7.00. The number of carbonyl (C=O) groups excluding carboxylic acids is 1. The zero-order chi connectivity index (χ0) is 19.2. The summed E-state index contributed by atoms with van der Waals surface area (Å²) in [6.45, 7) is 2.84. The lowest BCUT2D eigenvalue weighted by Crippen LogP contribution is -3.11. The molecule has 4 nitrogen and oxygen atoms in total. The van der Waals surface area contributed by atoms with Gasteiger partial charge in [-0.15, -0.1) is 0 Å². The van der Waals surface area contributed by atoms with Crippen LogP contribution in [0.15, 0.2) is 42.5 Å². The Morgan fingerprint density at radius 1 is 1.11 bits per heavy atom. The van der Waals surface area contributed by atoms with E-state index in [1.165, 1.54) is 23.3 Å². The van der Waals surface area contributed by atoms with Crippen molar-refractivity contribution >= 4 is 29.1 Å². The Morgan fingerprint density at radius 3 is 2.33 bits per heavy atom. The van der Waals surface area contributed by atoms with Crippen molar-refractivity contribution in [2.24, 2.45) is 0 Å². The molecular weight excluding hydrogens is 383 g/mol. The summed E-state index contributed by atoms with van der Waals surface area (Å²) < 4.78 is 5.26. The van der Waals surface area contributed by atoms with Crippen LogP contribution in [0.1, 0.15) is 30.0 Å². The van der Waals surface area contributed by atoms with Gasteiger partial charge >= 0.3 is 0 Å². The maximum atomic E-state index is 12.5. The number of amides is 1. The number of halogens is 2. The molecule has 6 heteroatoms. The Labute approximate surface area is 170 Å². The molecule has 1 saturated heterocycles. The van der Waals surface area contributed by atoms with E-state index in [0.29, 0.717) is 22.2 Å². The molecule has 0 saturated carbocycles. The molecule has 2 aromatic rings. The van der Waals surface area contributed by atoms with Crippen molar-refractivity contribution in [1.29, 1.82) is 0 Å². The Morgan fingerprint density at radius 2 is 1.74 bits per heavy atom. The first-order valence-corrected chi connectivity index (χ1v) is 10.0. The average molecular weight is 408 g/mol. The lowest BCUT2D eigenvalue weighted by Gasteiger charge is -2.25. The summed E-state index contributed by atoms with van der Waals surface area (Å²) in [7, 11) is 1.66. The van der Waals surface area contributed by atoms with Crippen LogP contribution >= 0.6 is 23.2 Å². The first kappa shape index (κ1) is 20.0. The third kappa shape index (κ3) is 5.16. The van der Waals surface area contributed by atoms with Crippen LogP contribution in [-0.2, 0) is 11.2 Å². The van der Waals surface area contributed by atoms with Crippen molar-refractivity contribution in [3.8, 4) is 5.75 Å². The first-order valence-electron chi connectivity index (χ1n) is 9.26. The van der Waals surface area contributed by atoms with Gasteiger partial charge in [-0.05, 0) is 42.0 Å². The van der Waals surface area contributed by atoms with Gasteiger partial charge in [-0.1, -0.05) is 29.3 Å². The van der Waals surface area contributed by atoms with Crippen LogP contribution in [0.25, 0.3) is 0 Å². The highest BCUT2D eigenvalue weighted by Gasteiger charge is 2.28. The second-order valence-electron chi connectivity index (χ2n) is 6.87. The third-order valence-electron chi connectivity index (χ3n) is 5.16. The van der Waals surface area contributed by atoms with Crippen molar-refractivity contribution in [2.45, 2.75) is 25.3 Å². The van der Waals surface area contributed by atoms with Crippen molar-refractivity contribution in [2.75, 3.05) is 26.7 Å². The fourth-order valence-corrected chi connectivity index (χ4v) is 4.18. The van der Waals surface area contributed by atoms with Crippen molar-refractivity contribution < 1.29 is 14.4 Å². The highest BCUT2D eigenvalue weighted by atomic mass is 35.5. The predicted octanol–water partition coefficient (Wildman–Crippen LogP) is 3.08. The van der Waals surface area contributed by atoms with E-state index in [0.717, 1.165) is 18.8 Å². The highest BCUT2D eigenvalue weighted by molar-refractivity contribution is 6.36. The number of nitrogens with one attached hydrogen (secondary N) is 2. The first-order chi connectivity index (χ1) is 13.1. The summed E-state index contributed by atoms with van der Waals surface area (Å²) in [5.74, 6) is 0.772. The lowest BCUT2D eigenvalue weighted by atomic mass is 10.0. The van der Waals surface area contributed by atoms with Crippen LogP contribution < -0.4 is 15.0 Å². The summed E-state index contributed by atoms with van der Waals surface area (Å²) in [5, 5.41) is 4.13. The van der Waals surface area contributed by atoms with Crippen molar-refractivity contribution in [3.05, 3.63) is 63.6 Å². The zero-order valence-electron chi connectivity index (χ0n) is 15.4. The van der Waals surface area contributed by atoms with Crippen molar-refractivity contribution in [3.63, 3.8) is 0 Å². The van der Waals surface area contributed by atoms with Crippen molar-refractivity contribution in [1.82, 2.24) is 5.32 Å². The molecule has 0 spiro atoms. The van der Waals surface area contributed by atoms with Gasteiger partial charge in [0.25, 0.3) is 0 Å². The molecular formula is C21H25Cl2N2O2+. The Bertz CT molecular complexity index is 754. The van der Waals surface area contributed by atoms with E-state index in [1.54, 1.807) is 25.3 Å². The monoisotopic (exact) mass is 407 g/mol. The summed E-state index contributed by atoms with van der Waals surface area (Å²) in [6, 6.07) is 13.6. The number of quaternary nitrogens is 1. The molecule has 1 aliphatic rings. The molecule has 0 radical (unpaired) electrons. The number of hydrogen-bond acceptors (Lipinski definition) is 2. The molecule has 1 fully saturated rings. The summed E-state index contributed by atoms with van der Waals surface area (Å²) in [5.41, 5.74) is 1.89. The second kappa shape index (κ2) is 9.45. The molecule has 0 aliphatic carbocycles. The van der Waals surface area contributed by atoms with Crippen LogP contribution in [0.4, 0.5) is 0 Å². The fraction of sp³-hybridized carbons (Fsp3) is 0.381. The van der Waals surface area contributed by atoms with Gasteiger partial charge in [-0.25, -0.2) is 0 Å². The quantitative estimate of drug-likeness (QED) is 0.740. The molecule has 1 heterocycles. The van der Waals surface area contributed by atoms with Gasteiger partial charge in [0.05, 0.1) is 33.2 Å². The van der Waals surface area contributed by atoms with Crippen LogP contribution in [0.5, 0.6) is 5.75 Å². The molecule has 2 aromatic carbocycles. The highest BCUT2D eigenvalue weighted by Crippen LogP contribution is 2.24. The SMILES string of the molecule is COc1ccc([C@H](CNC(=O)Cc2c(Cl)cccc2Cl)[NH+]2CCCC2)cc1. The maximum Gasteiger partial charge on any atom is 0.224 e. The number of ether oxygens (including phenoxy) is 1. The van der Waals surface area contributed by atoms with Gasteiger partial charge in [0.1, 0.15) is 11.8 Å². The van der Waals surface area contributed by atoms with E-state index < -0.39 is 0 Å². The summed E-state index contributed by atoms with van der Waals surface area (Å²) in [4.78, 5) is 14.0. The number of methoxy groups -OCH3 is 1. The van der Waals surface area contributed by atoms with E-state index in [9.17, 15) is 4.79 Å². The third-order valence-corrected chi connectivity index (χ3v) is 5.87. The van der Waals surface area contributed by atoms with Gasteiger partial charge in [-0.3, -0.25) is 4.79 Å². The molecule has 1 aliphatic heterocycles. The van der Waals surface area contributed by atoms with Gasteiger partial charge in [0, 0.05) is 28.5 Å². The molecule has 144 valence electrons. The van der Waals surface area contributed by atoms with Gasteiger partial charge in [-0.2, -0.15) is 0 Å². The standard InChI is InChI=1S/C21H24Cl2N2O2/c1-27-16-9-7-15(8-10-16)20(25-11-2-3-12-25)14-24-21(26)13-17-18(22)5-4-6-19(17)23/h4-10,20H,2-3,11-14H2,1H3,(H,24,26)/p+1/t20-/m0/s1. The van der Waals surface area contributed by atoms with E-state index in [1.807, 2.05) is 12.1 Å². The minimum absolute atomic E-state index is 0.0675. The lowest BCUT2D eigenvalue weighted by molar-refractivity contribution is -0.918. The van der Waals surface area contributed by atoms with Gasteiger partial charge in [0.15, 0.2) is 0 Å². The minimum Gasteiger partial charge on any atom is -0.497 e. The van der Waals surface area contributed by atoms with Crippen LogP contribution in [-0.4, -0.2) is 32.7 Å². The van der Waals surface area contributed by atoms with Crippen LogP contribution in [0.2, 0.25) is 10.0 Å². The van der Waals surface area contributed by atoms with E-state index in [2.05, 4.69) is 17.4 Å². The fourth-order valence-electron chi connectivity index (χ4n) is 3.65. The largest absolute Gasteiger partial charge is 0.497 e. The number of benzene rings is 2. The predicted molar refractivity (Wildman–Crippen MR) is 109 cm³/mol. The average Bonchev–Trinajstić information content (AvgIpc) is 3.20. The molecule has 1 atom stereocenters. The smallest absolute Gasteiger partial charge is 0.224 e. The molecule has 1 amide bonds. The maximum absolute atomic E-state index is 12.5. The summed E-state index contributed by atoms with van der Waals surface area (Å²) >= 11 is 12.4. The molecule has 0 bridgehead atoms. The zero-order valence-corrected chi connectivity index (χ0v) is 16.9. The Balaban J connectivity index is 1.67. The minimum atomic E-state index is -0.0675.